The van der Waals surface area contributed by atoms with Crippen LogP contribution in [0.4, 0.5) is 10.1 Å². The normalized spacial score (nSPS) is 9.83. The van der Waals surface area contributed by atoms with Crippen LogP contribution in [-0.2, 0) is 0 Å². The number of nitrogens with zero attached hydrogens (tertiary/aromatic N) is 1. The van der Waals surface area contributed by atoms with Crippen LogP contribution in [0.2, 0.25) is 5.02 Å². The molecule has 0 bridgehead atoms. The van der Waals surface area contributed by atoms with Crippen molar-refractivity contribution in [2.24, 2.45) is 0 Å². The molecule has 0 fully saturated rings. The maximum Gasteiger partial charge on any atom is 0.153 e. The van der Waals surface area contributed by atoms with Gasteiger partial charge in [0.2, 0.25) is 0 Å². The molecule has 3 nitrogen and oxygen atoms in total. The Hall–Kier alpha value is -2.25. The van der Waals surface area contributed by atoms with E-state index in [0.29, 0.717) is 5.02 Å². The summed E-state index contributed by atoms with van der Waals surface area (Å²) in [4.78, 5) is 0. The van der Waals surface area contributed by atoms with E-state index in [0.717, 1.165) is 6.07 Å². The monoisotopic (exact) mass is 262 g/mol. The molecule has 0 saturated heterocycles. The van der Waals surface area contributed by atoms with Gasteiger partial charge in [-0.3, -0.25) is 0 Å². The SMILES string of the molecule is N#Cc1cc(Cl)ccc1Oc1cc(F)ccc1N. The zero-order valence-corrected chi connectivity index (χ0v) is 9.91. The van der Waals surface area contributed by atoms with Gasteiger partial charge in [0.05, 0.1) is 11.3 Å². The molecule has 0 spiro atoms. The summed E-state index contributed by atoms with van der Waals surface area (Å²) in [6, 6.07) is 10.3. The number of nitrogens with two attached hydrogens (primary N) is 1. The van der Waals surface area contributed by atoms with Crippen molar-refractivity contribution < 1.29 is 9.13 Å². The molecule has 0 aliphatic heterocycles. The van der Waals surface area contributed by atoms with Crippen molar-refractivity contribution >= 4 is 17.3 Å². The van der Waals surface area contributed by atoms with Gasteiger partial charge in [0, 0.05) is 11.1 Å². The van der Waals surface area contributed by atoms with Crippen LogP contribution in [0.5, 0.6) is 11.5 Å². The smallest absolute Gasteiger partial charge is 0.153 e. The van der Waals surface area contributed by atoms with Gasteiger partial charge >= 0.3 is 0 Å². The van der Waals surface area contributed by atoms with E-state index in [1.54, 1.807) is 6.07 Å². The predicted octanol–water partition coefficient (Wildman–Crippen LogP) is 3.73. The number of nitrogen functional groups attached to an aromatic ring is 1. The molecule has 0 aliphatic carbocycles. The highest BCUT2D eigenvalue weighted by Gasteiger charge is 2.08. The van der Waals surface area contributed by atoms with Crippen LogP contribution in [0.25, 0.3) is 0 Å². The molecule has 90 valence electrons. The van der Waals surface area contributed by atoms with E-state index >= 15 is 0 Å². The average Bonchev–Trinajstić information content (AvgIpc) is 2.36. The molecule has 0 aromatic heterocycles. The summed E-state index contributed by atoms with van der Waals surface area (Å²) in [5.41, 5.74) is 6.20. The van der Waals surface area contributed by atoms with Gasteiger partial charge in [0.25, 0.3) is 0 Å². The van der Waals surface area contributed by atoms with Gasteiger partial charge in [0.1, 0.15) is 17.6 Å². The molecular weight excluding hydrogens is 255 g/mol. The molecule has 0 aliphatic rings. The van der Waals surface area contributed by atoms with E-state index in [9.17, 15) is 4.39 Å². The lowest BCUT2D eigenvalue weighted by atomic mass is 10.2. The highest BCUT2D eigenvalue weighted by atomic mass is 35.5. The maximum atomic E-state index is 13.1. The average molecular weight is 263 g/mol. The van der Waals surface area contributed by atoms with Crippen LogP contribution in [0.3, 0.4) is 0 Å². The van der Waals surface area contributed by atoms with Gasteiger partial charge in [-0.1, -0.05) is 11.6 Å². The number of hydrogen-bond acceptors (Lipinski definition) is 3. The molecule has 0 unspecified atom stereocenters. The second-order valence-corrected chi connectivity index (χ2v) is 3.97. The lowest BCUT2D eigenvalue weighted by Gasteiger charge is -2.09. The van der Waals surface area contributed by atoms with Gasteiger partial charge in [-0.25, -0.2) is 4.39 Å². The van der Waals surface area contributed by atoms with Crippen molar-refractivity contribution in [3.05, 3.63) is 52.8 Å². The Balaban J connectivity index is 2.40. The van der Waals surface area contributed by atoms with E-state index in [4.69, 9.17) is 27.3 Å². The number of benzene rings is 2. The second kappa shape index (κ2) is 4.94. The van der Waals surface area contributed by atoms with E-state index in [1.165, 1.54) is 24.3 Å². The number of nitriles is 1. The van der Waals surface area contributed by atoms with Gasteiger partial charge < -0.3 is 10.5 Å². The maximum absolute atomic E-state index is 13.1. The number of anilines is 1. The Bertz CT molecular complexity index is 637. The van der Waals surface area contributed by atoms with Crippen LogP contribution in [0.1, 0.15) is 5.56 Å². The first-order valence-electron chi connectivity index (χ1n) is 5.02. The third-order valence-corrected chi connectivity index (χ3v) is 2.49. The molecule has 2 rings (SSSR count). The highest BCUT2D eigenvalue weighted by molar-refractivity contribution is 6.30. The fourth-order valence-electron chi connectivity index (χ4n) is 1.39. The van der Waals surface area contributed by atoms with Crippen LogP contribution in [0.15, 0.2) is 36.4 Å². The summed E-state index contributed by atoms with van der Waals surface area (Å²) in [6.07, 6.45) is 0. The number of halogens is 2. The van der Waals surface area contributed by atoms with Crippen LogP contribution in [0, 0.1) is 17.1 Å². The van der Waals surface area contributed by atoms with Crippen molar-refractivity contribution in [3.8, 4) is 17.6 Å². The quantitative estimate of drug-likeness (QED) is 0.839. The minimum Gasteiger partial charge on any atom is -0.454 e. The lowest BCUT2D eigenvalue weighted by molar-refractivity contribution is 0.478. The molecule has 0 heterocycles. The molecule has 0 atom stereocenters. The molecule has 0 amide bonds. The predicted molar refractivity (Wildman–Crippen MR) is 67.1 cm³/mol. The summed E-state index contributed by atoms with van der Waals surface area (Å²) >= 11 is 5.76. The molecule has 18 heavy (non-hydrogen) atoms. The summed E-state index contributed by atoms with van der Waals surface area (Å²) in [5.74, 6) is -0.0281. The zero-order valence-electron chi connectivity index (χ0n) is 9.15. The van der Waals surface area contributed by atoms with Gasteiger partial charge in [-0.05, 0) is 30.3 Å². The molecule has 0 radical (unpaired) electrons. The van der Waals surface area contributed by atoms with Gasteiger partial charge in [-0.15, -0.1) is 0 Å². The van der Waals surface area contributed by atoms with E-state index in [2.05, 4.69) is 0 Å². The minimum absolute atomic E-state index is 0.161. The lowest BCUT2D eigenvalue weighted by Crippen LogP contribution is -1.94. The first-order valence-corrected chi connectivity index (χ1v) is 5.40. The molecule has 0 saturated carbocycles. The number of ether oxygens (including phenoxy) is 1. The first-order chi connectivity index (χ1) is 8.60. The Morgan fingerprint density at radius 3 is 2.67 bits per heavy atom. The highest BCUT2D eigenvalue weighted by Crippen LogP contribution is 2.31. The fourth-order valence-corrected chi connectivity index (χ4v) is 1.57. The third-order valence-electron chi connectivity index (χ3n) is 2.26. The van der Waals surface area contributed by atoms with Crippen molar-refractivity contribution in [1.29, 1.82) is 5.26 Å². The largest absolute Gasteiger partial charge is 0.454 e. The van der Waals surface area contributed by atoms with E-state index < -0.39 is 5.82 Å². The molecular formula is C13H8ClFN2O. The Morgan fingerprint density at radius 2 is 1.94 bits per heavy atom. The topological polar surface area (TPSA) is 59.0 Å². The van der Waals surface area contributed by atoms with Crippen LogP contribution in [-0.4, -0.2) is 0 Å². The van der Waals surface area contributed by atoms with Crippen molar-refractivity contribution in [3.63, 3.8) is 0 Å². The van der Waals surface area contributed by atoms with E-state index in [-0.39, 0.29) is 22.7 Å². The Labute approximate surface area is 108 Å². The molecule has 2 aromatic carbocycles. The Morgan fingerprint density at radius 1 is 1.17 bits per heavy atom. The summed E-state index contributed by atoms with van der Waals surface area (Å²) in [6.45, 7) is 0. The summed E-state index contributed by atoms with van der Waals surface area (Å²) < 4.78 is 18.5. The number of hydrogen-bond donors (Lipinski definition) is 1. The van der Waals surface area contributed by atoms with E-state index in [1.807, 2.05) is 6.07 Å². The summed E-state index contributed by atoms with van der Waals surface area (Å²) in [7, 11) is 0. The molecule has 2 aromatic rings. The molecule has 5 heteroatoms. The zero-order chi connectivity index (χ0) is 13.1. The summed E-state index contributed by atoms with van der Waals surface area (Å²) in [5, 5.41) is 9.37. The fraction of sp³-hybridized carbons (Fsp3) is 0. The minimum atomic E-state index is -0.466. The molecule has 2 N–H and O–H groups in total. The standard InChI is InChI=1S/C13H8ClFN2O/c14-9-1-4-12(8(5-9)7-16)18-13-6-10(15)2-3-11(13)17/h1-6H,17H2. The second-order valence-electron chi connectivity index (χ2n) is 3.54. The van der Waals surface area contributed by atoms with Gasteiger partial charge in [-0.2, -0.15) is 5.26 Å². The van der Waals surface area contributed by atoms with Crippen molar-refractivity contribution in [2.75, 3.05) is 5.73 Å². The number of rotatable bonds is 2. The third kappa shape index (κ3) is 2.53. The van der Waals surface area contributed by atoms with Crippen LogP contribution < -0.4 is 10.5 Å². The Kier molecular flexibility index (Phi) is 3.35. The van der Waals surface area contributed by atoms with Crippen molar-refractivity contribution in [1.82, 2.24) is 0 Å². The van der Waals surface area contributed by atoms with Gasteiger partial charge in [0.15, 0.2) is 5.75 Å². The first kappa shape index (κ1) is 12.2. The van der Waals surface area contributed by atoms with Crippen molar-refractivity contribution in [2.45, 2.75) is 0 Å². The van der Waals surface area contributed by atoms with Crippen LogP contribution >= 0.6 is 11.6 Å².